The van der Waals surface area contributed by atoms with Gasteiger partial charge in [0.05, 0.1) is 23.8 Å². The van der Waals surface area contributed by atoms with Crippen LogP contribution in [0.25, 0.3) is 0 Å². The maximum Gasteiger partial charge on any atom is 0.410 e. The summed E-state index contributed by atoms with van der Waals surface area (Å²) in [6.45, 7) is 16.7. The van der Waals surface area contributed by atoms with Crippen LogP contribution >= 0.6 is 0 Å². The fourth-order valence-corrected chi connectivity index (χ4v) is 3.71. The summed E-state index contributed by atoms with van der Waals surface area (Å²) in [6, 6.07) is 2.14. The summed E-state index contributed by atoms with van der Waals surface area (Å²) in [7, 11) is 0. The molecule has 1 aromatic heterocycles. The van der Waals surface area contributed by atoms with E-state index in [2.05, 4.69) is 20.9 Å². The minimum absolute atomic E-state index is 0.258. The van der Waals surface area contributed by atoms with Crippen molar-refractivity contribution in [2.75, 3.05) is 62.2 Å². The van der Waals surface area contributed by atoms with E-state index in [0.29, 0.717) is 26.2 Å². The van der Waals surface area contributed by atoms with Crippen molar-refractivity contribution in [3.05, 3.63) is 18.5 Å². The normalized spacial score (nSPS) is 17.9. The van der Waals surface area contributed by atoms with Gasteiger partial charge in [-0.1, -0.05) is 0 Å². The molecule has 2 fully saturated rings. The summed E-state index contributed by atoms with van der Waals surface area (Å²) in [5.74, 6) is 0. The van der Waals surface area contributed by atoms with Gasteiger partial charge in [0.25, 0.3) is 0 Å². The van der Waals surface area contributed by atoms with E-state index in [1.807, 2.05) is 53.9 Å². The van der Waals surface area contributed by atoms with Gasteiger partial charge in [-0.15, -0.1) is 0 Å². The molecule has 3 rings (SSSR count). The maximum atomic E-state index is 12.3. The van der Waals surface area contributed by atoms with Crippen LogP contribution in [0.15, 0.2) is 18.5 Å². The first-order valence-corrected chi connectivity index (χ1v) is 11.3. The zero-order valence-corrected chi connectivity index (χ0v) is 20.3. The fourth-order valence-electron chi connectivity index (χ4n) is 3.71. The number of rotatable bonds is 2. The van der Waals surface area contributed by atoms with Gasteiger partial charge in [0, 0.05) is 52.4 Å². The highest BCUT2D eigenvalue weighted by Gasteiger charge is 2.28. The van der Waals surface area contributed by atoms with Gasteiger partial charge in [-0.2, -0.15) is 0 Å². The summed E-state index contributed by atoms with van der Waals surface area (Å²) in [4.78, 5) is 37.0. The van der Waals surface area contributed by atoms with Gasteiger partial charge in [-0.25, -0.2) is 9.59 Å². The van der Waals surface area contributed by atoms with E-state index >= 15 is 0 Å². The van der Waals surface area contributed by atoms with Crippen LogP contribution < -0.4 is 9.80 Å². The SMILES string of the molecule is CC(C)(C)OC(=O)N1CCN(c2cncc(N3CCN(C(=O)OC(C)(C)C)CC3)c2)CC1. The Hall–Kier alpha value is -2.71. The van der Waals surface area contributed by atoms with Crippen LogP contribution in [0.3, 0.4) is 0 Å². The summed E-state index contributed by atoms with van der Waals surface area (Å²) in [5.41, 5.74) is 1.11. The maximum absolute atomic E-state index is 12.3. The lowest BCUT2D eigenvalue weighted by atomic mass is 10.2. The zero-order chi connectivity index (χ0) is 23.5. The average molecular weight is 448 g/mol. The Labute approximate surface area is 191 Å². The summed E-state index contributed by atoms with van der Waals surface area (Å²) >= 11 is 0. The Bertz CT molecular complexity index is 738. The van der Waals surface area contributed by atoms with Gasteiger partial charge in [0.1, 0.15) is 11.2 Å². The molecule has 0 bridgehead atoms. The van der Waals surface area contributed by atoms with Gasteiger partial charge < -0.3 is 29.1 Å². The topological polar surface area (TPSA) is 78.5 Å². The quantitative estimate of drug-likeness (QED) is 0.689. The highest BCUT2D eigenvalue weighted by Crippen LogP contribution is 2.24. The molecule has 0 aromatic carbocycles. The number of pyridine rings is 1. The Morgan fingerprint density at radius 2 is 1.03 bits per heavy atom. The standard InChI is InChI=1S/C23H37N5O4/c1-22(2,3)31-20(29)27-11-7-25(8-12-27)18-15-19(17-24-16-18)26-9-13-28(14-10-26)21(30)32-23(4,5)6/h15-17H,7-14H2,1-6H3. The van der Waals surface area contributed by atoms with Crippen LogP contribution in [0.1, 0.15) is 41.5 Å². The number of amides is 2. The van der Waals surface area contributed by atoms with Gasteiger partial charge in [-0.05, 0) is 47.6 Å². The first kappa shape index (κ1) is 23.9. The van der Waals surface area contributed by atoms with E-state index in [-0.39, 0.29) is 12.2 Å². The molecule has 2 amide bonds. The molecule has 2 aliphatic rings. The number of hydrogen-bond donors (Lipinski definition) is 0. The number of anilines is 2. The molecule has 0 N–H and O–H groups in total. The lowest BCUT2D eigenvalue weighted by Gasteiger charge is -2.38. The van der Waals surface area contributed by atoms with Gasteiger partial charge in [0.15, 0.2) is 0 Å². The zero-order valence-electron chi connectivity index (χ0n) is 20.3. The van der Waals surface area contributed by atoms with Gasteiger partial charge in [0.2, 0.25) is 0 Å². The molecule has 0 saturated carbocycles. The predicted octanol–water partition coefficient (Wildman–Crippen LogP) is 3.20. The lowest BCUT2D eigenvalue weighted by molar-refractivity contribution is 0.0230. The van der Waals surface area contributed by atoms with Crippen molar-refractivity contribution in [2.24, 2.45) is 0 Å². The van der Waals surface area contributed by atoms with Crippen molar-refractivity contribution in [1.82, 2.24) is 14.8 Å². The first-order chi connectivity index (χ1) is 14.9. The van der Waals surface area contributed by atoms with Crippen LogP contribution in [0.5, 0.6) is 0 Å². The van der Waals surface area contributed by atoms with Crippen molar-refractivity contribution in [2.45, 2.75) is 52.7 Å². The molecule has 9 nitrogen and oxygen atoms in total. The number of aromatic nitrogens is 1. The minimum atomic E-state index is -0.486. The highest BCUT2D eigenvalue weighted by molar-refractivity contribution is 5.69. The van der Waals surface area contributed by atoms with E-state index in [9.17, 15) is 9.59 Å². The number of piperazine rings is 2. The smallest absolute Gasteiger partial charge is 0.410 e. The van der Waals surface area contributed by atoms with E-state index in [1.54, 1.807) is 9.80 Å². The number of carbonyl (C=O) groups excluding carboxylic acids is 2. The molecular formula is C23H37N5O4. The number of ether oxygens (including phenoxy) is 2. The fraction of sp³-hybridized carbons (Fsp3) is 0.696. The van der Waals surface area contributed by atoms with Crippen LogP contribution in [0, 0.1) is 0 Å². The largest absolute Gasteiger partial charge is 0.444 e. The minimum Gasteiger partial charge on any atom is -0.444 e. The van der Waals surface area contributed by atoms with Crippen LogP contribution in [-0.4, -0.2) is 90.5 Å². The van der Waals surface area contributed by atoms with Crippen molar-refractivity contribution >= 4 is 23.6 Å². The van der Waals surface area contributed by atoms with E-state index < -0.39 is 11.2 Å². The summed E-state index contributed by atoms with van der Waals surface area (Å²) in [5, 5.41) is 0. The highest BCUT2D eigenvalue weighted by atomic mass is 16.6. The third kappa shape index (κ3) is 6.64. The molecule has 0 spiro atoms. The third-order valence-corrected chi connectivity index (χ3v) is 5.30. The van der Waals surface area contributed by atoms with E-state index in [0.717, 1.165) is 37.6 Å². The van der Waals surface area contributed by atoms with Gasteiger partial charge in [-0.3, -0.25) is 4.98 Å². The van der Waals surface area contributed by atoms with Crippen LogP contribution in [0.2, 0.25) is 0 Å². The third-order valence-electron chi connectivity index (χ3n) is 5.30. The molecule has 0 radical (unpaired) electrons. The average Bonchev–Trinajstić information content (AvgIpc) is 2.72. The Morgan fingerprint density at radius 1 is 0.688 bits per heavy atom. The molecule has 0 atom stereocenters. The number of carbonyl (C=O) groups is 2. The monoisotopic (exact) mass is 447 g/mol. The van der Waals surface area contributed by atoms with Crippen molar-refractivity contribution < 1.29 is 19.1 Å². The van der Waals surface area contributed by atoms with E-state index in [1.165, 1.54) is 0 Å². The lowest BCUT2D eigenvalue weighted by Crippen LogP contribution is -2.50. The molecule has 0 aliphatic carbocycles. The molecule has 3 heterocycles. The molecule has 1 aromatic rings. The Kier molecular flexibility index (Phi) is 7.05. The first-order valence-electron chi connectivity index (χ1n) is 11.3. The molecule has 0 unspecified atom stereocenters. The van der Waals surface area contributed by atoms with Crippen molar-refractivity contribution in [3.8, 4) is 0 Å². The predicted molar refractivity (Wildman–Crippen MR) is 124 cm³/mol. The Morgan fingerprint density at radius 3 is 1.34 bits per heavy atom. The van der Waals surface area contributed by atoms with Crippen LogP contribution in [0.4, 0.5) is 21.0 Å². The molecule has 2 saturated heterocycles. The molecule has 9 heteroatoms. The summed E-state index contributed by atoms with van der Waals surface area (Å²) < 4.78 is 11.0. The van der Waals surface area contributed by atoms with Crippen molar-refractivity contribution in [3.63, 3.8) is 0 Å². The molecule has 178 valence electrons. The second-order valence-corrected chi connectivity index (χ2v) is 10.3. The van der Waals surface area contributed by atoms with Crippen molar-refractivity contribution in [1.29, 1.82) is 0 Å². The number of hydrogen-bond acceptors (Lipinski definition) is 7. The molecule has 32 heavy (non-hydrogen) atoms. The second-order valence-electron chi connectivity index (χ2n) is 10.3. The van der Waals surface area contributed by atoms with E-state index in [4.69, 9.17) is 9.47 Å². The summed E-state index contributed by atoms with van der Waals surface area (Å²) in [6.07, 6.45) is 3.21. The Balaban J connectivity index is 1.53. The second kappa shape index (κ2) is 9.42. The van der Waals surface area contributed by atoms with Gasteiger partial charge >= 0.3 is 12.2 Å². The number of nitrogens with zero attached hydrogens (tertiary/aromatic N) is 5. The molecular weight excluding hydrogens is 410 g/mol. The van der Waals surface area contributed by atoms with Crippen LogP contribution in [-0.2, 0) is 9.47 Å². The molecule has 2 aliphatic heterocycles.